The van der Waals surface area contributed by atoms with Crippen LogP contribution in [0.25, 0.3) is 0 Å². The molecule has 8 heteroatoms. The number of rotatable bonds is 5. The van der Waals surface area contributed by atoms with E-state index in [4.69, 9.17) is 0 Å². The lowest BCUT2D eigenvalue weighted by Gasteiger charge is -2.14. The highest BCUT2D eigenvalue weighted by Gasteiger charge is 2.15. The van der Waals surface area contributed by atoms with Gasteiger partial charge in [0.05, 0.1) is 12.2 Å². The van der Waals surface area contributed by atoms with E-state index in [0.29, 0.717) is 13.1 Å². The van der Waals surface area contributed by atoms with Crippen molar-refractivity contribution in [2.45, 2.75) is 59.7 Å². The van der Waals surface area contributed by atoms with Gasteiger partial charge in [0, 0.05) is 24.4 Å². The number of nitrogens with zero attached hydrogens (tertiary/aromatic N) is 5. The van der Waals surface area contributed by atoms with E-state index in [1.165, 1.54) is 17.7 Å². The minimum Gasteiger partial charge on any atom is -0.357 e. The van der Waals surface area contributed by atoms with Crippen molar-refractivity contribution in [3.8, 4) is 0 Å². The van der Waals surface area contributed by atoms with Crippen LogP contribution in [0.2, 0.25) is 0 Å². The number of nitrogens with one attached hydrogen (secondary N) is 2. The van der Waals surface area contributed by atoms with Crippen LogP contribution in [0.3, 0.4) is 0 Å². The van der Waals surface area contributed by atoms with E-state index in [1.807, 2.05) is 6.92 Å². The van der Waals surface area contributed by atoms with E-state index >= 15 is 0 Å². The molecule has 24 heavy (non-hydrogen) atoms. The predicted molar refractivity (Wildman–Crippen MR) is 96.2 cm³/mol. The summed E-state index contributed by atoms with van der Waals surface area (Å²) in [7, 11) is 0. The zero-order valence-corrected chi connectivity index (χ0v) is 15.4. The van der Waals surface area contributed by atoms with Gasteiger partial charge in [-0.25, -0.2) is 9.98 Å². The Kier molecular flexibility index (Phi) is 5.44. The second-order valence-electron chi connectivity index (χ2n) is 5.94. The number of thiazole rings is 1. The van der Waals surface area contributed by atoms with Crippen molar-refractivity contribution in [1.29, 1.82) is 0 Å². The van der Waals surface area contributed by atoms with Crippen molar-refractivity contribution in [2.75, 3.05) is 6.54 Å². The summed E-state index contributed by atoms with van der Waals surface area (Å²) in [6, 6.07) is 0. The molecule has 1 aliphatic heterocycles. The van der Waals surface area contributed by atoms with Crippen molar-refractivity contribution < 1.29 is 0 Å². The SMILES string of the molecule is CCNC(=NCc1nnc2n1CCCC2)NCc1nc(C)c(C)s1. The summed E-state index contributed by atoms with van der Waals surface area (Å²) in [6.07, 6.45) is 3.43. The van der Waals surface area contributed by atoms with Crippen LogP contribution >= 0.6 is 11.3 Å². The second kappa shape index (κ2) is 7.74. The summed E-state index contributed by atoms with van der Waals surface area (Å²) in [5.74, 6) is 2.83. The number of hydrogen-bond acceptors (Lipinski definition) is 5. The molecule has 130 valence electrons. The van der Waals surface area contributed by atoms with Gasteiger partial charge in [0.25, 0.3) is 0 Å². The average molecular weight is 347 g/mol. The molecule has 1 aliphatic rings. The molecule has 2 aromatic heterocycles. The first kappa shape index (κ1) is 16.9. The number of aryl methyl sites for hydroxylation is 3. The standard InChI is InChI=1S/C16H25N7S/c1-4-17-16(19-10-15-20-11(2)12(3)24-15)18-9-14-22-21-13-7-5-6-8-23(13)14/h4-10H2,1-3H3,(H2,17,18,19). The smallest absolute Gasteiger partial charge is 0.192 e. The monoisotopic (exact) mass is 347 g/mol. The summed E-state index contributed by atoms with van der Waals surface area (Å²) < 4.78 is 2.21. The molecule has 0 amide bonds. The first-order chi connectivity index (χ1) is 11.7. The van der Waals surface area contributed by atoms with Gasteiger partial charge in [-0.1, -0.05) is 0 Å². The van der Waals surface area contributed by atoms with Gasteiger partial charge >= 0.3 is 0 Å². The maximum atomic E-state index is 4.66. The minimum atomic E-state index is 0.540. The lowest BCUT2D eigenvalue weighted by Crippen LogP contribution is -2.36. The summed E-state index contributed by atoms with van der Waals surface area (Å²) >= 11 is 1.73. The Balaban J connectivity index is 1.64. The Morgan fingerprint density at radius 1 is 1.25 bits per heavy atom. The van der Waals surface area contributed by atoms with Crippen LogP contribution in [0, 0.1) is 13.8 Å². The van der Waals surface area contributed by atoms with Crippen molar-refractivity contribution in [3.05, 3.63) is 27.2 Å². The molecule has 0 atom stereocenters. The fraction of sp³-hybridized carbons (Fsp3) is 0.625. The normalized spacial score (nSPS) is 14.5. The van der Waals surface area contributed by atoms with E-state index in [-0.39, 0.29) is 0 Å². The first-order valence-corrected chi connectivity index (χ1v) is 9.35. The molecule has 0 bridgehead atoms. The molecular weight excluding hydrogens is 322 g/mol. The summed E-state index contributed by atoms with van der Waals surface area (Å²) in [4.78, 5) is 10.5. The first-order valence-electron chi connectivity index (χ1n) is 8.53. The van der Waals surface area contributed by atoms with Gasteiger partial charge in [-0.05, 0) is 33.6 Å². The van der Waals surface area contributed by atoms with Gasteiger partial charge < -0.3 is 15.2 Å². The molecule has 0 radical (unpaired) electrons. The average Bonchev–Trinajstić information content (AvgIpc) is 3.14. The van der Waals surface area contributed by atoms with Crippen LogP contribution < -0.4 is 10.6 Å². The van der Waals surface area contributed by atoms with Gasteiger partial charge in [-0.3, -0.25) is 0 Å². The van der Waals surface area contributed by atoms with Gasteiger partial charge in [0.1, 0.15) is 17.4 Å². The highest BCUT2D eigenvalue weighted by Crippen LogP contribution is 2.16. The number of aromatic nitrogens is 4. The van der Waals surface area contributed by atoms with Gasteiger partial charge in [0.2, 0.25) is 0 Å². The van der Waals surface area contributed by atoms with Gasteiger partial charge in [-0.15, -0.1) is 21.5 Å². The Morgan fingerprint density at radius 3 is 2.88 bits per heavy atom. The Labute approximate surface area is 146 Å². The van der Waals surface area contributed by atoms with Crippen LogP contribution in [0.1, 0.15) is 47.0 Å². The maximum Gasteiger partial charge on any atom is 0.192 e. The molecule has 2 aromatic rings. The van der Waals surface area contributed by atoms with Crippen LogP contribution in [0.15, 0.2) is 4.99 Å². The highest BCUT2D eigenvalue weighted by atomic mass is 32.1. The molecule has 0 aromatic carbocycles. The Hall–Kier alpha value is -1.96. The Bertz CT molecular complexity index is 697. The van der Waals surface area contributed by atoms with Crippen LogP contribution in [0.4, 0.5) is 0 Å². The molecule has 0 spiro atoms. The topological polar surface area (TPSA) is 80.0 Å². The molecule has 7 nitrogen and oxygen atoms in total. The predicted octanol–water partition coefficient (Wildman–Crippen LogP) is 1.94. The summed E-state index contributed by atoms with van der Waals surface area (Å²) in [6.45, 7) is 9.26. The molecular formula is C16H25N7S. The fourth-order valence-corrected chi connectivity index (χ4v) is 3.62. The maximum absolute atomic E-state index is 4.66. The van der Waals surface area contributed by atoms with Gasteiger partial charge in [-0.2, -0.15) is 0 Å². The van der Waals surface area contributed by atoms with Crippen molar-refractivity contribution in [1.82, 2.24) is 30.4 Å². The van der Waals surface area contributed by atoms with E-state index in [2.05, 4.69) is 49.2 Å². The number of fused-ring (bicyclic) bond motifs is 1. The van der Waals surface area contributed by atoms with Crippen molar-refractivity contribution in [2.24, 2.45) is 4.99 Å². The molecule has 0 aliphatic carbocycles. The van der Waals surface area contributed by atoms with E-state index in [1.54, 1.807) is 11.3 Å². The highest BCUT2D eigenvalue weighted by molar-refractivity contribution is 7.11. The number of hydrogen-bond donors (Lipinski definition) is 2. The largest absolute Gasteiger partial charge is 0.357 e. The lowest BCUT2D eigenvalue weighted by atomic mass is 10.2. The molecule has 3 rings (SSSR count). The molecule has 3 heterocycles. The van der Waals surface area contributed by atoms with Crippen LogP contribution in [-0.4, -0.2) is 32.3 Å². The van der Waals surface area contributed by atoms with E-state index < -0.39 is 0 Å². The molecule has 0 unspecified atom stereocenters. The third kappa shape index (κ3) is 3.92. The molecule has 0 saturated carbocycles. The zero-order chi connectivity index (χ0) is 16.9. The van der Waals surface area contributed by atoms with Crippen molar-refractivity contribution >= 4 is 17.3 Å². The van der Waals surface area contributed by atoms with Crippen molar-refractivity contribution in [3.63, 3.8) is 0 Å². The second-order valence-corrected chi connectivity index (χ2v) is 7.23. The Morgan fingerprint density at radius 2 is 2.12 bits per heavy atom. The van der Waals surface area contributed by atoms with Crippen LogP contribution in [0.5, 0.6) is 0 Å². The summed E-state index contributed by atoms with van der Waals surface area (Å²) in [5, 5.41) is 16.3. The molecule has 0 saturated heterocycles. The molecule has 2 N–H and O–H groups in total. The van der Waals surface area contributed by atoms with E-state index in [0.717, 1.165) is 47.8 Å². The number of aliphatic imine (C=N–C) groups is 1. The third-order valence-corrected chi connectivity index (χ3v) is 5.21. The fourth-order valence-electron chi connectivity index (χ4n) is 2.75. The van der Waals surface area contributed by atoms with E-state index in [9.17, 15) is 0 Å². The third-order valence-electron chi connectivity index (χ3n) is 4.14. The summed E-state index contributed by atoms with van der Waals surface area (Å²) in [5.41, 5.74) is 1.11. The zero-order valence-electron chi connectivity index (χ0n) is 14.6. The quantitative estimate of drug-likeness (QED) is 0.638. The van der Waals surface area contributed by atoms with Crippen LogP contribution in [-0.2, 0) is 26.1 Å². The molecule has 0 fully saturated rings. The number of guanidine groups is 1. The van der Waals surface area contributed by atoms with Gasteiger partial charge in [0.15, 0.2) is 11.8 Å². The minimum absolute atomic E-state index is 0.540. The lowest BCUT2D eigenvalue weighted by molar-refractivity contribution is 0.508.